The maximum absolute atomic E-state index is 9.10. The Morgan fingerprint density at radius 1 is 1.59 bits per heavy atom. The second-order valence-electron chi connectivity index (χ2n) is 4.08. The molecule has 1 unspecified atom stereocenters. The van der Waals surface area contributed by atoms with Crippen LogP contribution in [0.5, 0.6) is 0 Å². The van der Waals surface area contributed by atoms with Crippen molar-refractivity contribution in [2.75, 3.05) is 12.3 Å². The summed E-state index contributed by atoms with van der Waals surface area (Å²) < 4.78 is 1.14. The maximum Gasteiger partial charge on any atom is 0.149 e. The van der Waals surface area contributed by atoms with Gasteiger partial charge < -0.3 is 0 Å². The molecule has 0 aliphatic carbocycles. The van der Waals surface area contributed by atoms with Crippen LogP contribution in [0.25, 0.3) is 0 Å². The van der Waals surface area contributed by atoms with Crippen LogP contribution in [-0.4, -0.2) is 22.8 Å². The number of thioether (sulfide) groups is 1. The van der Waals surface area contributed by atoms with E-state index in [0.29, 0.717) is 0 Å². The fourth-order valence-electron chi connectivity index (χ4n) is 1.60. The number of nitrogens with one attached hydrogen (secondary N) is 1. The fourth-order valence-corrected chi connectivity index (χ4v) is 3.30. The van der Waals surface area contributed by atoms with Gasteiger partial charge in [0, 0.05) is 17.3 Å². The molecule has 0 spiro atoms. The molecule has 0 radical (unpaired) electrons. The average molecular weight is 269 g/mol. The van der Waals surface area contributed by atoms with Gasteiger partial charge in [0.1, 0.15) is 9.88 Å². The quantitative estimate of drug-likeness (QED) is 0.581. The molecule has 0 fully saturated rings. The minimum Gasteiger partial charge on any atom is -0.300 e. The van der Waals surface area contributed by atoms with E-state index in [4.69, 9.17) is 5.26 Å². The molecule has 0 aromatic carbocycles. The van der Waals surface area contributed by atoms with Gasteiger partial charge in [0.15, 0.2) is 0 Å². The lowest BCUT2D eigenvalue weighted by Crippen LogP contribution is -2.40. The van der Waals surface area contributed by atoms with Crippen LogP contribution in [0.4, 0.5) is 0 Å². The molecule has 94 valence electrons. The Bertz CT molecular complexity index is 345. The number of hydrogen-bond donors (Lipinski definition) is 1. The van der Waals surface area contributed by atoms with E-state index in [0.717, 1.165) is 35.9 Å². The van der Waals surface area contributed by atoms with Crippen LogP contribution >= 0.6 is 23.1 Å². The van der Waals surface area contributed by atoms with Crippen molar-refractivity contribution in [3.05, 3.63) is 11.6 Å². The van der Waals surface area contributed by atoms with E-state index in [-0.39, 0.29) is 5.54 Å². The second-order valence-corrected chi connectivity index (χ2v) is 6.31. The summed E-state index contributed by atoms with van der Waals surface area (Å²) in [7, 11) is 0. The molecule has 1 rings (SSSR count). The lowest BCUT2D eigenvalue weighted by atomic mass is 9.97. The molecule has 0 amide bonds. The molecule has 5 heteroatoms. The summed E-state index contributed by atoms with van der Waals surface area (Å²) in [5.41, 5.74) is -0.361. The Kier molecular flexibility index (Phi) is 6.56. The largest absolute Gasteiger partial charge is 0.300 e. The lowest BCUT2D eigenvalue weighted by molar-refractivity contribution is 0.415. The Hall–Kier alpha value is -0.570. The van der Waals surface area contributed by atoms with E-state index in [2.05, 4.69) is 16.4 Å². The highest BCUT2D eigenvalue weighted by molar-refractivity contribution is 8.00. The summed E-state index contributed by atoms with van der Waals surface area (Å²) in [4.78, 5) is 4.23. The SMILES string of the molecule is CCNC(C)(C#N)CCCCSc1nccs1. The monoisotopic (exact) mass is 269 g/mol. The Morgan fingerprint density at radius 2 is 2.41 bits per heavy atom. The van der Waals surface area contributed by atoms with Crippen molar-refractivity contribution in [3.63, 3.8) is 0 Å². The van der Waals surface area contributed by atoms with Crippen LogP contribution in [0.2, 0.25) is 0 Å². The van der Waals surface area contributed by atoms with Gasteiger partial charge in [-0.2, -0.15) is 5.26 Å². The highest BCUT2D eigenvalue weighted by atomic mass is 32.2. The summed E-state index contributed by atoms with van der Waals surface area (Å²) in [6.45, 7) is 4.86. The highest BCUT2D eigenvalue weighted by Gasteiger charge is 2.20. The second kappa shape index (κ2) is 7.70. The molecule has 1 heterocycles. The molecule has 0 saturated carbocycles. The van der Waals surface area contributed by atoms with Crippen LogP contribution in [0.3, 0.4) is 0 Å². The molecule has 3 nitrogen and oxygen atoms in total. The number of thiazole rings is 1. The minimum atomic E-state index is -0.361. The Morgan fingerprint density at radius 3 is 3.00 bits per heavy atom. The van der Waals surface area contributed by atoms with Gasteiger partial charge in [-0.05, 0) is 32.7 Å². The van der Waals surface area contributed by atoms with Gasteiger partial charge in [-0.25, -0.2) is 4.98 Å². The van der Waals surface area contributed by atoms with Gasteiger partial charge in [-0.3, -0.25) is 5.32 Å². The van der Waals surface area contributed by atoms with Gasteiger partial charge in [0.05, 0.1) is 6.07 Å². The number of nitriles is 1. The van der Waals surface area contributed by atoms with E-state index in [1.165, 1.54) is 0 Å². The first kappa shape index (κ1) is 14.5. The van der Waals surface area contributed by atoms with Crippen molar-refractivity contribution in [2.45, 2.75) is 43.0 Å². The topological polar surface area (TPSA) is 48.7 Å². The molecule has 17 heavy (non-hydrogen) atoms. The lowest BCUT2D eigenvalue weighted by Gasteiger charge is -2.22. The third-order valence-corrected chi connectivity index (χ3v) is 4.57. The standard InChI is InChI=1S/C12H19N3S2/c1-3-15-12(2,10-13)6-4-5-8-16-11-14-7-9-17-11/h7,9,15H,3-6,8H2,1-2H3. The van der Waals surface area contributed by atoms with Gasteiger partial charge in [0.25, 0.3) is 0 Å². The Balaban J connectivity index is 2.13. The first-order chi connectivity index (χ1) is 8.20. The number of unbranched alkanes of at least 4 members (excludes halogenated alkanes) is 1. The molecule has 1 N–H and O–H groups in total. The van der Waals surface area contributed by atoms with Crippen molar-refractivity contribution in [2.24, 2.45) is 0 Å². The van der Waals surface area contributed by atoms with E-state index in [1.807, 2.05) is 25.4 Å². The summed E-state index contributed by atoms with van der Waals surface area (Å²) >= 11 is 3.49. The summed E-state index contributed by atoms with van der Waals surface area (Å²) in [5, 5.41) is 14.3. The van der Waals surface area contributed by atoms with Gasteiger partial charge in [0.2, 0.25) is 0 Å². The van der Waals surface area contributed by atoms with Gasteiger partial charge in [-0.15, -0.1) is 11.3 Å². The maximum atomic E-state index is 9.10. The van der Waals surface area contributed by atoms with Crippen LogP contribution in [0.15, 0.2) is 15.9 Å². The van der Waals surface area contributed by atoms with E-state index >= 15 is 0 Å². The van der Waals surface area contributed by atoms with E-state index in [1.54, 1.807) is 23.1 Å². The van der Waals surface area contributed by atoms with Gasteiger partial charge >= 0.3 is 0 Å². The number of aromatic nitrogens is 1. The molecular formula is C12H19N3S2. The Labute approximate surface area is 112 Å². The molecule has 0 aliphatic rings. The molecule has 1 aromatic heterocycles. The van der Waals surface area contributed by atoms with E-state index < -0.39 is 0 Å². The van der Waals surface area contributed by atoms with Gasteiger partial charge in [-0.1, -0.05) is 18.7 Å². The van der Waals surface area contributed by atoms with E-state index in [9.17, 15) is 0 Å². The molecule has 1 atom stereocenters. The molecule has 0 aliphatic heterocycles. The van der Waals surface area contributed by atoms with Crippen LogP contribution in [0, 0.1) is 11.3 Å². The number of hydrogen-bond acceptors (Lipinski definition) is 5. The first-order valence-corrected chi connectivity index (χ1v) is 7.75. The fraction of sp³-hybridized carbons (Fsp3) is 0.667. The number of rotatable bonds is 8. The van der Waals surface area contributed by atoms with Crippen LogP contribution in [-0.2, 0) is 0 Å². The molecule has 1 aromatic rings. The smallest absolute Gasteiger partial charge is 0.149 e. The molecule has 0 saturated heterocycles. The highest BCUT2D eigenvalue weighted by Crippen LogP contribution is 2.22. The predicted molar refractivity (Wildman–Crippen MR) is 74.4 cm³/mol. The zero-order chi connectivity index (χ0) is 12.6. The third kappa shape index (κ3) is 5.53. The van der Waals surface area contributed by atoms with Crippen LogP contribution in [0.1, 0.15) is 33.1 Å². The zero-order valence-electron chi connectivity index (χ0n) is 10.4. The van der Waals surface area contributed by atoms with Crippen molar-refractivity contribution < 1.29 is 0 Å². The van der Waals surface area contributed by atoms with Crippen molar-refractivity contribution >= 4 is 23.1 Å². The minimum absolute atomic E-state index is 0.361. The summed E-state index contributed by atoms with van der Waals surface area (Å²) in [6, 6.07) is 2.36. The summed E-state index contributed by atoms with van der Waals surface area (Å²) in [6.07, 6.45) is 4.96. The summed E-state index contributed by atoms with van der Waals surface area (Å²) in [5.74, 6) is 1.08. The third-order valence-electron chi connectivity index (χ3n) is 2.52. The molecule has 0 bridgehead atoms. The van der Waals surface area contributed by atoms with Crippen molar-refractivity contribution in [3.8, 4) is 6.07 Å². The van der Waals surface area contributed by atoms with Crippen LogP contribution < -0.4 is 5.32 Å². The average Bonchev–Trinajstić information content (AvgIpc) is 2.82. The van der Waals surface area contributed by atoms with Crippen molar-refractivity contribution in [1.82, 2.24) is 10.3 Å². The predicted octanol–water partition coefficient (Wildman–Crippen LogP) is 3.30. The van der Waals surface area contributed by atoms with Crippen molar-refractivity contribution in [1.29, 1.82) is 5.26 Å². The molecular weight excluding hydrogens is 250 g/mol. The zero-order valence-corrected chi connectivity index (χ0v) is 12.0. The first-order valence-electron chi connectivity index (χ1n) is 5.89. The number of nitrogens with zero attached hydrogens (tertiary/aromatic N) is 2. The normalized spacial score (nSPS) is 14.2.